The highest BCUT2D eigenvalue weighted by molar-refractivity contribution is 7.88. The average molecular weight is 357 g/mol. The van der Waals surface area contributed by atoms with E-state index in [0.717, 1.165) is 5.56 Å². The molecule has 0 N–H and O–H groups in total. The zero-order chi connectivity index (χ0) is 16.9. The predicted octanol–water partition coefficient (Wildman–Crippen LogP) is 2.07. The van der Waals surface area contributed by atoms with Crippen LogP contribution in [0.1, 0.15) is 12.5 Å². The van der Waals surface area contributed by atoms with Crippen molar-refractivity contribution in [2.45, 2.75) is 13.5 Å². The number of nitrogens with zero attached hydrogens (tertiary/aromatic N) is 1. The first kappa shape index (κ1) is 18.3. The van der Waals surface area contributed by atoms with E-state index in [2.05, 4.69) is 0 Å². The normalized spacial score (nSPS) is 22.2. The molecular weight excluding hydrogens is 334 g/mol. The fourth-order valence-corrected chi connectivity index (χ4v) is 3.66. The molecule has 0 bridgehead atoms. The smallest absolute Gasteiger partial charge is 0.211 e. The molecule has 1 saturated heterocycles. The Labute approximate surface area is 143 Å². The van der Waals surface area contributed by atoms with Gasteiger partial charge in [0.05, 0.1) is 26.1 Å². The van der Waals surface area contributed by atoms with E-state index in [-0.39, 0.29) is 11.8 Å². The van der Waals surface area contributed by atoms with Crippen LogP contribution < -0.4 is 0 Å². The molecule has 0 saturated carbocycles. The van der Waals surface area contributed by atoms with E-state index < -0.39 is 10.0 Å². The number of hydrogen-bond acceptors (Lipinski definition) is 5. The summed E-state index contributed by atoms with van der Waals surface area (Å²) in [6.07, 6.45) is 1.24. The van der Waals surface area contributed by atoms with Gasteiger partial charge in [0.25, 0.3) is 0 Å². The molecule has 1 aromatic rings. The van der Waals surface area contributed by atoms with Crippen molar-refractivity contribution in [2.24, 2.45) is 11.8 Å². The Balaban J connectivity index is 1.91. The van der Waals surface area contributed by atoms with Gasteiger partial charge in [0.2, 0.25) is 10.0 Å². The van der Waals surface area contributed by atoms with Crippen molar-refractivity contribution in [3.63, 3.8) is 0 Å². The van der Waals surface area contributed by atoms with E-state index >= 15 is 0 Å². The Bertz CT molecular complexity index is 618. The summed E-state index contributed by atoms with van der Waals surface area (Å²) in [5, 5.41) is 0.478. The zero-order valence-corrected chi connectivity index (χ0v) is 15.1. The first-order valence-electron chi connectivity index (χ1n) is 7.56. The molecule has 1 unspecified atom stereocenters. The van der Waals surface area contributed by atoms with Crippen LogP contribution >= 0.6 is 12.2 Å². The standard InChI is InChI=1S/C16H23NO4S2/c1-13(22)21-12-16-9-17(23(2,18)19)8-15(16)11-20-10-14-6-4-3-5-7-14/h3-7,15-16H,8-12H2,1-2H3/t15-,16?/m0/s1. The van der Waals surface area contributed by atoms with Crippen LogP contribution in [-0.2, 0) is 26.1 Å². The van der Waals surface area contributed by atoms with Crippen LogP contribution in [0.2, 0.25) is 0 Å². The molecule has 0 spiro atoms. The zero-order valence-electron chi connectivity index (χ0n) is 13.5. The van der Waals surface area contributed by atoms with Gasteiger partial charge in [0, 0.05) is 31.8 Å². The topological polar surface area (TPSA) is 55.8 Å². The first-order chi connectivity index (χ1) is 10.9. The van der Waals surface area contributed by atoms with E-state index in [1.165, 1.54) is 10.6 Å². The molecule has 5 nitrogen and oxygen atoms in total. The highest BCUT2D eigenvalue weighted by atomic mass is 32.2. The summed E-state index contributed by atoms with van der Waals surface area (Å²) in [7, 11) is -3.19. The summed E-state index contributed by atoms with van der Waals surface area (Å²) in [6, 6.07) is 9.92. The minimum atomic E-state index is -3.19. The number of benzene rings is 1. The maximum Gasteiger partial charge on any atom is 0.211 e. The maximum absolute atomic E-state index is 11.8. The molecule has 7 heteroatoms. The Hall–Kier alpha value is -1.02. The Morgan fingerprint density at radius 3 is 2.39 bits per heavy atom. The molecule has 0 aromatic heterocycles. The van der Waals surface area contributed by atoms with Crippen molar-refractivity contribution in [2.75, 3.05) is 32.6 Å². The van der Waals surface area contributed by atoms with E-state index in [0.29, 0.717) is 38.0 Å². The van der Waals surface area contributed by atoms with E-state index in [1.54, 1.807) is 6.92 Å². The second kappa shape index (κ2) is 8.19. The van der Waals surface area contributed by atoms with Crippen molar-refractivity contribution in [1.82, 2.24) is 4.31 Å². The molecular formula is C16H23NO4S2. The van der Waals surface area contributed by atoms with Gasteiger partial charge in [0.1, 0.15) is 0 Å². The highest BCUT2D eigenvalue weighted by Gasteiger charge is 2.37. The minimum absolute atomic E-state index is 0.0957. The number of rotatable bonds is 7. The molecule has 0 aliphatic carbocycles. The minimum Gasteiger partial charge on any atom is -0.487 e. The van der Waals surface area contributed by atoms with Crippen LogP contribution in [0.15, 0.2) is 30.3 Å². The molecule has 23 heavy (non-hydrogen) atoms. The third-order valence-corrected chi connectivity index (χ3v) is 5.31. The number of ether oxygens (including phenoxy) is 2. The van der Waals surface area contributed by atoms with Crippen molar-refractivity contribution >= 4 is 27.3 Å². The summed E-state index contributed by atoms with van der Waals surface area (Å²) in [5.74, 6) is 0.209. The lowest BCUT2D eigenvalue weighted by molar-refractivity contribution is 0.0685. The third-order valence-electron chi connectivity index (χ3n) is 3.96. The fourth-order valence-electron chi connectivity index (χ4n) is 2.67. The molecule has 0 amide bonds. The third kappa shape index (κ3) is 5.84. The molecule has 2 rings (SSSR count). The van der Waals surface area contributed by atoms with Crippen molar-refractivity contribution in [1.29, 1.82) is 0 Å². The van der Waals surface area contributed by atoms with E-state index in [4.69, 9.17) is 21.7 Å². The van der Waals surface area contributed by atoms with Gasteiger partial charge >= 0.3 is 0 Å². The van der Waals surface area contributed by atoms with Gasteiger partial charge < -0.3 is 9.47 Å². The molecule has 1 heterocycles. The van der Waals surface area contributed by atoms with Gasteiger partial charge in [-0.25, -0.2) is 12.7 Å². The maximum atomic E-state index is 11.8. The summed E-state index contributed by atoms with van der Waals surface area (Å²) in [6.45, 7) is 4.11. The molecule has 128 valence electrons. The van der Waals surface area contributed by atoms with Crippen LogP contribution in [-0.4, -0.2) is 50.3 Å². The van der Waals surface area contributed by atoms with Crippen LogP contribution in [0.25, 0.3) is 0 Å². The second-order valence-corrected chi connectivity index (χ2v) is 8.46. The monoisotopic (exact) mass is 357 g/mol. The van der Waals surface area contributed by atoms with Crippen molar-refractivity contribution in [3.8, 4) is 0 Å². The van der Waals surface area contributed by atoms with E-state index in [1.807, 2.05) is 30.3 Å². The fraction of sp³-hybridized carbons (Fsp3) is 0.562. The number of thiocarbonyl (C=S) groups is 1. The summed E-state index contributed by atoms with van der Waals surface area (Å²) < 4.78 is 36.3. The number of sulfonamides is 1. The van der Waals surface area contributed by atoms with Gasteiger partial charge in [-0.1, -0.05) is 30.3 Å². The molecule has 1 aliphatic heterocycles. The molecule has 2 atom stereocenters. The highest BCUT2D eigenvalue weighted by Crippen LogP contribution is 2.26. The summed E-state index contributed by atoms with van der Waals surface area (Å²) in [5.41, 5.74) is 1.10. The van der Waals surface area contributed by atoms with Crippen molar-refractivity contribution in [3.05, 3.63) is 35.9 Å². The SMILES string of the molecule is CC(=S)OCC1CN(S(C)(=O)=O)C[C@H]1COCc1ccccc1. The Morgan fingerprint density at radius 2 is 1.83 bits per heavy atom. The predicted molar refractivity (Wildman–Crippen MR) is 93.7 cm³/mol. The van der Waals surface area contributed by atoms with Gasteiger partial charge in [-0.15, -0.1) is 0 Å². The molecule has 0 radical (unpaired) electrons. The Morgan fingerprint density at radius 1 is 1.22 bits per heavy atom. The van der Waals surface area contributed by atoms with Gasteiger partial charge in [-0.3, -0.25) is 0 Å². The second-order valence-electron chi connectivity index (χ2n) is 5.90. The van der Waals surface area contributed by atoms with E-state index in [9.17, 15) is 8.42 Å². The summed E-state index contributed by atoms with van der Waals surface area (Å²) >= 11 is 4.94. The molecule has 1 aliphatic rings. The van der Waals surface area contributed by atoms with Crippen LogP contribution in [0.4, 0.5) is 0 Å². The lowest BCUT2D eigenvalue weighted by Gasteiger charge is -2.18. The van der Waals surface area contributed by atoms with Crippen molar-refractivity contribution < 1.29 is 17.9 Å². The average Bonchev–Trinajstić information content (AvgIpc) is 2.90. The largest absolute Gasteiger partial charge is 0.487 e. The van der Waals surface area contributed by atoms with Crippen LogP contribution in [0.5, 0.6) is 0 Å². The van der Waals surface area contributed by atoms with Gasteiger partial charge in [-0.2, -0.15) is 0 Å². The number of hydrogen-bond donors (Lipinski definition) is 0. The Kier molecular flexibility index (Phi) is 6.52. The molecule has 1 fully saturated rings. The van der Waals surface area contributed by atoms with Gasteiger partial charge in [-0.05, 0) is 17.8 Å². The lowest BCUT2D eigenvalue weighted by atomic mass is 9.98. The van der Waals surface area contributed by atoms with Gasteiger partial charge in [0.15, 0.2) is 5.05 Å². The summed E-state index contributed by atoms with van der Waals surface area (Å²) in [4.78, 5) is 0. The lowest BCUT2D eigenvalue weighted by Crippen LogP contribution is -2.28. The van der Waals surface area contributed by atoms with Crippen LogP contribution in [0, 0.1) is 11.8 Å². The van der Waals surface area contributed by atoms with Crippen LogP contribution in [0.3, 0.4) is 0 Å². The molecule has 1 aromatic carbocycles. The quantitative estimate of drug-likeness (QED) is 0.699. The first-order valence-corrected chi connectivity index (χ1v) is 9.82.